The van der Waals surface area contributed by atoms with Crippen LogP contribution < -0.4 is 5.32 Å². The van der Waals surface area contributed by atoms with Gasteiger partial charge in [-0.15, -0.1) is 0 Å². The number of nitrogens with one attached hydrogen (secondary N) is 1. The monoisotopic (exact) mass is 355 g/mol. The van der Waals surface area contributed by atoms with E-state index in [4.69, 9.17) is 0 Å². The Morgan fingerprint density at radius 1 is 1.15 bits per heavy atom. The Kier molecular flexibility index (Phi) is 3.67. The topological polar surface area (TPSA) is 29.1 Å². The summed E-state index contributed by atoms with van der Waals surface area (Å²) < 4.78 is 0. The van der Waals surface area contributed by atoms with Crippen LogP contribution in [0.2, 0.25) is 0 Å². The van der Waals surface area contributed by atoms with Crippen molar-refractivity contribution in [1.82, 2.24) is 5.32 Å². The summed E-state index contributed by atoms with van der Waals surface area (Å²) >= 11 is 0. The number of carbonyl (C=O) groups is 1. The summed E-state index contributed by atoms with van der Waals surface area (Å²) in [5, 5.41) is 3.61. The predicted molar refractivity (Wildman–Crippen MR) is 106 cm³/mol. The molecule has 0 radical (unpaired) electrons. The summed E-state index contributed by atoms with van der Waals surface area (Å²) in [6.07, 6.45) is 14.0. The number of allylic oxidation sites excluding steroid dienone is 2. The van der Waals surface area contributed by atoms with Crippen molar-refractivity contribution in [3.8, 4) is 0 Å². The number of Topliss-reactive ketones (excluding diaryl/α,β-unsaturated/α-hetero) is 1. The first-order valence-electron chi connectivity index (χ1n) is 11.3. The van der Waals surface area contributed by atoms with Crippen LogP contribution >= 0.6 is 0 Å². The van der Waals surface area contributed by atoms with Gasteiger partial charge in [0.1, 0.15) is 0 Å². The van der Waals surface area contributed by atoms with E-state index < -0.39 is 0 Å². The molecule has 0 unspecified atom stereocenters. The molecule has 8 atom stereocenters. The third-order valence-corrected chi connectivity index (χ3v) is 10.4. The number of fused-ring (bicyclic) bond motifs is 2. The summed E-state index contributed by atoms with van der Waals surface area (Å²) in [6.45, 7) is 7.17. The minimum absolute atomic E-state index is 0.242. The van der Waals surface area contributed by atoms with Crippen LogP contribution in [0.3, 0.4) is 0 Å². The van der Waals surface area contributed by atoms with Crippen molar-refractivity contribution in [3.63, 3.8) is 0 Å². The van der Waals surface area contributed by atoms with E-state index in [0.29, 0.717) is 22.5 Å². The maximum Gasteiger partial charge on any atom is 0.159 e. The average molecular weight is 356 g/mol. The number of hydrogen-bond donors (Lipinski definition) is 1. The minimum atomic E-state index is 0.242. The Bertz CT molecular complexity index is 667. The van der Waals surface area contributed by atoms with E-state index in [1.54, 1.807) is 0 Å². The Morgan fingerprint density at radius 3 is 2.65 bits per heavy atom. The fraction of sp³-hybridized carbons (Fsp3) is 0.875. The van der Waals surface area contributed by atoms with E-state index in [1.165, 1.54) is 44.9 Å². The standard InChI is InChI=1S/C24H37NO/c1-5-16-12-17-8-10-24-14-23(24)11-9-19(25-4)15(2)18(23)6-7-21(24)22(17,3)13-20(16)26/h12,15,17-19,21,25H,5-11,13-14H2,1-4H3/t15-,17+,18-,19-,21-,22+,23-,24-/m0/s1. The van der Waals surface area contributed by atoms with Gasteiger partial charge in [-0.25, -0.2) is 0 Å². The lowest BCUT2D eigenvalue weighted by Crippen LogP contribution is -2.55. The van der Waals surface area contributed by atoms with Gasteiger partial charge in [-0.2, -0.15) is 0 Å². The van der Waals surface area contributed by atoms with Gasteiger partial charge in [0, 0.05) is 12.5 Å². The smallest absolute Gasteiger partial charge is 0.159 e. The van der Waals surface area contributed by atoms with Gasteiger partial charge in [-0.1, -0.05) is 26.8 Å². The van der Waals surface area contributed by atoms with E-state index in [1.807, 2.05) is 0 Å². The molecule has 0 amide bonds. The van der Waals surface area contributed by atoms with E-state index in [9.17, 15) is 4.79 Å². The summed E-state index contributed by atoms with van der Waals surface area (Å²) in [7, 11) is 2.16. The molecular formula is C24H37NO. The number of carbonyl (C=O) groups excluding carboxylic acids is 1. The highest BCUT2D eigenvalue weighted by Crippen LogP contribution is 2.85. The summed E-state index contributed by atoms with van der Waals surface area (Å²) in [5.41, 5.74) is 2.59. The quantitative estimate of drug-likeness (QED) is 0.744. The van der Waals surface area contributed by atoms with Crippen molar-refractivity contribution in [2.75, 3.05) is 7.05 Å². The van der Waals surface area contributed by atoms with Crippen molar-refractivity contribution in [2.45, 2.75) is 84.6 Å². The Balaban J connectivity index is 1.49. The van der Waals surface area contributed by atoms with Crippen LogP contribution in [-0.4, -0.2) is 18.9 Å². The second-order valence-electron chi connectivity index (χ2n) is 10.8. The molecule has 0 aromatic heterocycles. The lowest BCUT2D eigenvalue weighted by atomic mass is 9.45. The van der Waals surface area contributed by atoms with Crippen molar-refractivity contribution in [3.05, 3.63) is 11.6 Å². The SMILES string of the molecule is CCC1=C[C@H]2CC[C@@]34C[C@]35CC[C@H](NC)[C@@H](C)[C@@H]5CC[C@H]4[C@]2(C)CC1=O. The molecule has 5 rings (SSSR count). The second-order valence-corrected chi connectivity index (χ2v) is 10.8. The van der Waals surface area contributed by atoms with Crippen molar-refractivity contribution < 1.29 is 4.79 Å². The Hall–Kier alpha value is -0.630. The third-order valence-electron chi connectivity index (χ3n) is 10.4. The molecule has 1 N–H and O–H groups in total. The molecule has 0 saturated heterocycles. The molecule has 0 aromatic carbocycles. The highest BCUT2D eigenvalue weighted by atomic mass is 16.1. The Morgan fingerprint density at radius 2 is 1.92 bits per heavy atom. The molecule has 0 bridgehead atoms. The van der Waals surface area contributed by atoms with Crippen LogP contribution in [-0.2, 0) is 4.79 Å². The van der Waals surface area contributed by atoms with E-state index >= 15 is 0 Å². The lowest BCUT2D eigenvalue weighted by molar-refractivity contribution is -0.129. The molecule has 2 spiro atoms. The zero-order valence-electron chi connectivity index (χ0n) is 17.2. The first kappa shape index (κ1) is 17.5. The van der Waals surface area contributed by atoms with Crippen molar-refractivity contribution in [2.24, 2.45) is 39.9 Å². The maximum absolute atomic E-state index is 12.8. The molecule has 4 saturated carbocycles. The van der Waals surface area contributed by atoms with E-state index in [2.05, 4.69) is 39.2 Å². The van der Waals surface area contributed by atoms with Gasteiger partial charge in [0.15, 0.2) is 5.78 Å². The van der Waals surface area contributed by atoms with Crippen LogP contribution in [0.1, 0.15) is 78.6 Å². The van der Waals surface area contributed by atoms with Gasteiger partial charge in [-0.05, 0) is 104 Å². The third kappa shape index (κ3) is 1.90. The number of ketones is 1. The zero-order valence-corrected chi connectivity index (χ0v) is 17.2. The van der Waals surface area contributed by atoms with Crippen LogP contribution in [0.4, 0.5) is 0 Å². The van der Waals surface area contributed by atoms with Crippen LogP contribution in [0.25, 0.3) is 0 Å². The van der Waals surface area contributed by atoms with Gasteiger partial charge >= 0.3 is 0 Å². The molecule has 5 aliphatic rings. The number of hydrogen-bond acceptors (Lipinski definition) is 2. The summed E-state index contributed by atoms with van der Waals surface area (Å²) in [4.78, 5) is 12.8. The van der Waals surface area contributed by atoms with Crippen molar-refractivity contribution >= 4 is 5.78 Å². The average Bonchev–Trinajstić information content (AvgIpc) is 3.28. The van der Waals surface area contributed by atoms with Crippen LogP contribution in [0, 0.1) is 39.9 Å². The first-order valence-corrected chi connectivity index (χ1v) is 11.3. The molecule has 144 valence electrons. The molecule has 0 aliphatic heterocycles. The highest BCUT2D eigenvalue weighted by Gasteiger charge is 2.78. The number of rotatable bonds is 2. The maximum atomic E-state index is 12.8. The molecule has 2 heteroatoms. The first-order chi connectivity index (χ1) is 12.4. The molecular weight excluding hydrogens is 318 g/mol. The lowest BCUT2D eigenvalue weighted by Gasteiger charge is -2.59. The second kappa shape index (κ2) is 5.46. The van der Waals surface area contributed by atoms with Gasteiger partial charge in [0.25, 0.3) is 0 Å². The molecule has 0 heterocycles. The summed E-state index contributed by atoms with van der Waals surface area (Å²) in [6, 6.07) is 0.720. The Labute approximate surface area is 159 Å². The molecule has 0 aromatic rings. The fourth-order valence-corrected chi connectivity index (χ4v) is 9.15. The van der Waals surface area contributed by atoms with E-state index in [0.717, 1.165) is 42.2 Å². The van der Waals surface area contributed by atoms with Gasteiger partial charge in [-0.3, -0.25) is 4.79 Å². The van der Waals surface area contributed by atoms with Crippen LogP contribution in [0.15, 0.2) is 11.6 Å². The van der Waals surface area contributed by atoms with Gasteiger partial charge < -0.3 is 5.32 Å². The fourth-order valence-electron chi connectivity index (χ4n) is 9.15. The highest BCUT2D eigenvalue weighted by molar-refractivity contribution is 5.96. The van der Waals surface area contributed by atoms with Gasteiger partial charge in [0.05, 0.1) is 0 Å². The van der Waals surface area contributed by atoms with Crippen molar-refractivity contribution in [1.29, 1.82) is 0 Å². The van der Waals surface area contributed by atoms with Crippen LogP contribution in [0.5, 0.6) is 0 Å². The van der Waals surface area contributed by atoms with E-state index in [-0.39, 0.29) is 5.41 Å². The molecule has 2 nitrogen and oxygen atoms in total. The zero-order chi connectivity index (χ0) is 18.3. The normalized spacial score (nSPS) is 55.2. The largest absolute Gasteiger partial charge is 0.317 e. The van der Waals surface area contributed by atoms with Gasteiger partial charge in [0.2, 0.25) is 0 Å². The summed E-state index contributed by atoms with van der Waals surface area (Å²) in [5.74, 6) is 3.66. The molecule has 26 heavy (non-hydrogen) atoms. The minimum Gasteiger partial charge on any atom is -0.317 e. The predicted octanol–water partition coefficient (Wildman–Crippen LogP) is 5.13. The molecule has 4 fully saturated rings. The molecule has 5 aliphatic carbocycles.